The average Bonchev–Trinajstić information content (AvgIpc) is 2.71. The molecule has 0 bridgehead atoms. The van der Waals surface area contributed by atoms with Crippen LogP contribution in [-0.4, -0.2) is 36.5 Å². The summed E-state index contributed by atoms with van der Waals surface area (Å²) in [6.07, 6.45) is 2.93. The van der Waals surface area contributed by atoms with Crippen molar-refractivity contribution in [2.24, 2.45) is 0 Å². The Labute approximate surface area is 172 Å². The Hall–Kier alpha value is -2.11. The first kappa shape index (κ1) is 22.2. The summed E-state index contributed by atoms with van der Waals surface area (Å²) in [5.41, 5.74) is 1.58. The van der Waals surface area contributed by atoms with E-state index in [1.807, 2.05) is 29.2 Å². The number of amides is 1. The van der Waals surface area contributed by atoms with E-state index in [1.165, 1.54) is 12.1 Å². The molecule has 0 radical (unpaired) electrons. The summed E-state index contributed by atoms with van der Waals surface area (Å²) >= 11 is 0. The zero-order valence-corrected chi connectivity index (χ0v) is 17.0. The van der Waals surface area contributed by atoms with Gasteiger partial charge < -0.3 is 15.0 Å². The van der Waals surface area contributed by atoms with Gasteiger partial charge in [0.1, 0.15) is 18.2 Å². The first-order valence-electron chi connectivity index (χ1n) is 9.66. The van der Waals surface area contributed by atoms with Gasteiger partial charge in [0.25, 0.3) is 5.91 Å². The van der Waals surface area contributed by atoms with Crippen molar-refractivity contribution in [3.63, 3.8) is 0 Å². The SMILES string of the molecule is CCCN(C(=O)c1cccc(COc2cccc(F)c2)c1)C1CCNCC1.Cl. The van der Waals surface area contributed by atoms with Crippen LogP contribution in [0.2, 0.25) is 0 Å². The van der Waals surface area contributed by atoms with Gasteiger partial charge in [0.2, 0.25) is 0 Å². The van der Waals surface area contributed by atoms with Crippen LogP contribution >= 0.6 is 12.4 Å². The van der Waals surface area contributed by atoms with E-state index in [0.29, 0.717) is 24.0 Å². The molecule has 0 atom stereocenters. The van der Waals surface area contributed by atoms with Gasteiger partial charge in [-0.05, 0) is 62.2 Å². The normalized spacial score (nSPS) is 14.2. The third-order valence-corrected chi connectivity index (χ3v) is 4.85. The fourth-order valence-corrected chi connectivity index (χ4v) is 3.49. The van der Waals surface area contributed by atoms with Crippen LogP contribution in [0.4, 0.5) is 4.39 Å². The average molecular weight is 407 g/mol. The molecule has 1 aliphatic rings. The third kappa shape index (κ3) is 5.94. The minimum absolute atomic E-state index is 0. The van der Waals surface area contributed by atoms with Crippen molar-refractivity contribution in [2.75, 3.05) is 19.6 Å². The van der Waals surface area contributed by atoms with E-state index in [0.717, 1.165) is 44.5 Å². The molecule has 0 saturated carbocycles. The number of piperidine rings is 1. The van der Waals surface area contributed by atoms with Gasteiger partial charge in [0.15, 0.2) is 0 Å². The van der Waals surface area contributed by atoms with Crippen molar-refractivity contribution in [1.29, 1.82) is 0 Å². The zero-order chi connectivity index (χ0) is 19.1. The van der Waals surface area contributed by atoms with Crippen molar-refractivity contribution in [3.05, 3.63) is 65.5 Å². The maximum Gasteiger partial charge on any atom is 0.254 e. The maximum atomic E-state index is 13.3. The second-order valence-electron chi connectivity index (χ2n) is 6.93. The molecule has 1 N–H and O–H groups in total. The van der Waals surface area contributed by atoms with Crippen LogP contribution in [0.5, 0.6) is 5.75 Å². The van der Waals surface area contributed by atoms with Crippen molar-refractivity contribution in [1.82, 2.24) is 10.2 Å². The Bertz CT molecular complexity index is 766. The Morgan fingerprint density at radius 3 is 2.64 bits per heavy atom. The van der Waals surface area contributed by atoms with Crippen molar-refractivity contribution in [3.8, 4) is 5.75 Å². The van der Waals surface area contributed by atoms with Crippen molar-refractivity contribution in [2.45, 2.75) is 38.8 Å². The quantitative estimate of drug-likeness (QED) is 0.739. The molecule has 1 fully saturated rings. The van der Waals surface area contributed by atoms with E-state index in [-0.39, 0.29) is 24.1 Å². The predicted molar refractivity (Wildman–Crippen MR) is 112 cm³/mol. The van der Waals surface area contributed by atoms with Crippen molar-refractivity contribution >= 4 is 18.3 Å². The highest BCUT2D eigenvalue weighted by Crippen LogP contribution is 2.19. The van der Waals surface area contributed by atoms with Gasteiger partial charge in [0, 0.05) is 24.2 Å². The number of hydrogen-bond acceptors (Lipinski definition) is 3. The monoisotopic (exact) mass is 406 g/mol. The second kappa shape index (κ2) is 11.0. The van der Waals surface area contributed by atoms with Crippen LogP contribution in [0.15, 0.2) is 48.5 Å². The number of carbonyl (C=O) groups excluding carboxylic acids is 1. The highest BCUT2D eigenvalue weighted by atomic mass is 35.5. The summed E-state index contributed by atoms with van der Waals surface area (Å²) in [6.45, 7) is 5.09. The zero-order valence-electron chi connectivity index (χ0n) is 16.2. The van der Waals surface area contributed by atoms with Crippen LogP contribution in [0, 0.1) is 5.82 Å². The van der Waals surface area contributed by atoms with Gasteiger partial charge in [-0.3, -0.25) is 4.79 Å². The van der Waals surface area contributed by atoms with Crippen molar-refractivity contribution < 1.29 is 13.9 Å². The molecule has 1 saturated heterocycles. The van der Waals surface area contributed by atoms with Gasteiger partial charge in [-0.15, -0.1) is 12.4 Å². The number of carbonyl (C=O) groups is 1. The first-order chi connectivity index (χ1) is 13.2. The van der Waals surface area contributed by atoms with Gasteiger partial charge in [-0.2, -0.15) is 0 Å². The van der Waals surface area contributed by atoms with E-state index in [9.17, 15) is 9.18 Å². The van der Waals surface area contributed by atoms with E-state index in [2.05, 4.69) is 12.2 Å². The highest BCUT2D eigenvalue weighted by molar-refractivity contribution is 5.94. The lowest BCUT2D eigenvalue weighted by molar-refractivity contribution is 0.0642. The second-order valence-corrected chi connectivity index (χ2v) is 6.93. The minimum Gasteiger partial charge on any atom is -0.489 e. The van der Waals surface area contributed by atoms with E-state index in [4.69, 9.17) is 4.74 Å². The van der Waals surface area contributed by atoms with E-state index < -0.39 is 0 Å². The smallest absolute Gasteiger partial charge is 0.254 e. The molecule has 152 valence electrons. The Morgan fingerprint density at radius 1 is 1.18 bits per heavy atom. The number of ether oxygens (including phenoxy) is 1. The fraction of sp³-hybridized carbons (Fsp3) is 0.409. The maximum absolute atomic E-state index is 13.3. The number of rotatable bonds is 7. The van der Waals surface area contributed by atoms with Gasteiger partial charge in [0.05, 0.1) is 0 Å². The molecule has 0 aliphatic carbocycles. The summed E-state index contributed by atoms with van der Waals surface area (Å²) in [6, 6.07) is 13.9. The molecule has 0 unspecified atom stereocenters. The fourth-order valence-electron chi connectivity index (χ4n) is 3.49. The minimum atomic E-state index is -0.325. The van der Waals surface area contributed by atoms with Crippen LogP contribution in [-0.2, 0) is 6.61 Å². The summed E-state index contributed by atoms with van der Waals surface area (Å²) < 4.78 is 18.9. The molecular weight excluding hydrogens is 379 g/mol. The van der Waals surface area contributed by atoms with Crippen LogP contribution in [0.3, 0.4) is 0 Å². The summed E-state index contributed by atoms with van der Waals surface area (Å²) in [5.74, 6) is 0.235. The molecular formula is C22H28ClFN2O2. The topological polar surface area (TPSA) is 41.6 Å². The molecule has 0 aromatic heterocycles. The Kier molecular flexibility index (Phi) is 8.74. The lowest BCUT2D eigenvalue weighted by Crippen LogP contribution is -2.46. The van der Waals surface area contributed by atoms with E-state index >= 15 is 0 Å². The van der Waals surface area contributed by atoms with Gasteiger partial charge in [-0.1, -0.05) is 25.1 Å². The van der Waals surface area contributed by atoms with Crippen LogP contribution < -0.4 is 10.1 Å². The molecule has 28 heavy (non-hydrogen) atoms. The molecule has 4 nitrogen and oxygen atoms in total. The largest absolute Gasteiger partial charge is 0.489 e. The number of hydrogen-bond donors (Lipinski definition) is 1. The Balaban J connectivity index is 0.00000280. The molecule has 2 aromatic rings. The molecule has 0 spiro atoms. The number of benzene rings is 2. The third-order valence-electron chi connectivity index (χ3n) is 4.85. The molecule has 3 rings (SSSR count). The Morgan fingerprint density at radius 2 is 1.93 bits per heavy atom. The van der Waals surface area contributed by atoms with Gasteiger partial charge >= 0.3 is 0 Å². The standard InChI is InChI=1S/C22H27FN2O2.ClH/c1-2-13-25(20-9-11-24-12-10-20)22(26)18-6-3-5-17(14-18)16-27-21-8-4-7-19(23)15-21;/h3-8,14-15,20,24H,2,9-13,16H2,1H3;1H. The van der Waals surface area contributed by atoms with E-state index in [1.54, 1.807) is 12.1 Å². The van der Waals surface area contributed by atoms with Crippen LogP contribution in [0.25, 0.3) is 0 Å². The molecule has 6 heteroatoms. The number of nitrogens with one attached hydrogen (secondary N) is 1. The predicted octanol–water partition coefficient (Wildman–Crippen LogP) is 4.43. The highest BCUT2D eigenvalue weighted by Gasteiger charge is 2.25. The number of halogens is 2. The molecule has 1 amide bonds. The van der Waals surface area contributed by atoms with Crippen LogP contribution in [0.1, 0.15) is 42.1 Å². The molecule has 1 aliphatic heterocycles. The summed E-state index contributed by atoms with van der Waals surface area (Å²) in [5, 5.41) is 3.35. The summed E-state index contributed by atoms with van der Waals surface area (Å²) in [7, 11) is 0. The van der Waals surface area contributed by atoms with Gasteiger partial charge in [-0.25, -0.2) is 4.39 Å². The number of nitrogens with zero attached hydrogens (tertiary/aromatic N) is 1. The first-order valence-corrected chi connectivity index (χ1v) is 9.66. The molecule has 2 aromatic carbocycles. The molecule has 1 heterocycles. The lowest BCUT2D eigenvalue weighted by atomic mass is 10.0. The summed E-state index contributed by atoms with van der Waals surface area (Å²) in [4.78, 5) is 15.1. The lowest BCUT2D eigenvalue weighted by Gasteiger charge is -2.34.